The molecule has 3 aliphatic rings. The Morgan fingerprint density at radius 1 is 0.971 bits per heavy atom. The minimum absolute atomic E-state index is 0.0581. The van der Waals surface area contributed by atoms with Crippen LogP contribution < -0.4 is 10.6 Å². The molecule has 2 fully saturated rings. The lowest BCUT2D eigenvalue weighted by Gasteiger charge is -2.46. The Labute approximate surface area is 207 Å². The second kappa shape index (κ2) is 9.96. The van der Waals surface area contributed by atoms with Crippen LogP contribution in [0.1, 0.15) is 76.2 Å². The van der Waals surface area contributed by atoms with Crippen molar-refractivity contribution in [3.63, 3.8) is 0 Å². The molecule has 2 saturated carbocycles. The van der Waals surface area contributed by atoms with Crippen LogP contribution in [0.2, 0.25) is 0 Å². The average molecular weight is 474 g/mol. The average Bonchev–Trinajstić information content (AvgIpc) is 2.85. The summed E-state index contributed by atoms with van der Waals surface area (Å²) in [5.74, 6) is 0.881. The van der Waals surface area contributed by atoms with Crippen molar-refractivity contribution in [3.05, 3.63) is 77.2 Å². The first kappa shape index (κ1) is 23.8. The third-order valence-electron chi connectivity index (χ3n) is 8.23. The predicted octanol–water partition coefficient (Wildman–Crippen LogP) is 6.95. The molecule has 0 radical (unpaired) electrons. The van der Waals surface area contributed by atoms with Gasteiger partial charge in [-0.3, -0.25) is 10.2 Å². The van der Waals surface area contributed by atoms with E-state index in [2.05, 4.69) is 29.7 Å². The van der Waals surface area contributed by atoms with Crippen LogP contribution in [0.25, 0.3) is 0 Å². The Morgan fingerprint density at radius 3 is 2.34 bits per heavy atom. The molecule has 2 aromatic rings. The van der Waals surface area contributed by atoms with Crippen LogP contribution in [-0.4, -0.2) is 17.2 Å². The van der Waals surface area contributed by atoms with Crippen LogP contribution in [0.3, 0.4) is 0 Å². The van der Waals surface area contributed by atoms with Crippen LogP contribution in [0.4, 0.5) is 10.1 Å². The Balaban J connectivity index is 1.43. The van der Waals surface area contributed by atoms with E-state index in [1.807, 2.05) is 18.2 Å². The largest absolute Gasteiger partial charge is 0.358 e. The monoisotopic (exact) mass is 473 g/mol. The van der Waals surface area contributed by atoms with Gasteiger partial charge in [-0.15, -0.1) is 0 Å². The van der Waals surface area contributed by atoms with Gasteiger partial charge in [-0.05, 0) is 87.1 Å². The Kier molecular flexibility index (Phi) is 6.77. The quantitative estimate of drug-likeness (QED) is 0.397. The lowest BCUT2D eigenvalue weighted by atomic mass is 9.65. The molecule has 2 bridgehead atoms. The summed E-state index contributed by atoms with van der Waals surface area (Å²) in [6.07, 6.45) is 9.67. The Bertz CT molecular complexity index is 1100. The SMILES string of the molecule is CC1(NC(=O)C(=N)C2=C(Nc3ccc(F)cc3)C(c3ccccc3)CCC2)CC2CCCC(C2)C1. The third-order valence-corrected chi connectivity index (χ3v) is 8.23. The van der Waals surface area contributed by atoms with Gasteiger partial charge in [0, 0.05) is 28.4 Å². The molecule has 4 nitrogen and oxygen atoms in total. The number of nitrogens with one attached hydrogen (secondary N) is 3. The van der Waals surface area contributed by atoms with E-state index in [9.17, 15) is 9.18 Å². The molecule has 3 N–H and O–H groups in total. The number of rotatable bonds is 6. The molecule has 0 heterocycles. The molecule has 0 aliphatic heterocycles. The summed E-state index contributed by atoms with van der Waals surface area (Å²) in [5.41, 5.74) is 3.41. The smallest absolute Gasteiger partial charge is 0.269 e. The van der Waals surface area contributed by atoms with E-state index in [1.54, 1.807) is 12.1 Å². The maximum absolute atomic E-state index is 13.5. The highest BCUT2D eigenvalue weighted by atomic mass is 19.1. The summed E-state index contributed by atoms with van der Waals surface area (Å²) in [6, 6.07) is 16.5. The van der Waals surface area contributed by atoms with Crippen molar-refractivity contribution in [2.45, 2.75) is 76.2 Å². The zero-order valence-electron chi connectivity index (χ0n) is 20.6. The zero-order chi connectivity index (χ0) is 24.4. The zero-order valence-corrected chi connectivity index (χ0v) is 20.6. The van der Waals surface area contributed by atoms with Gasteiger partial charge in [0.15, 0.2) is 0 Å². The van der Waals surface area contributed by atoms with Crippen LogP contribution in [0.5, 0.6) is 0 Å². The summed E-state index contributed by atoms with van der Waals surface area (Å²) in [4.78, 5) is 13.5. The minimum atomic E-state index is -0.286. The first-order valence-corrected chi connectivity index (χ1v) is 13.1. The van der Waals surface area contributed by atoms with Crippen molar-refractivity contribution in [3.8, 4) is 0 Å². The number of hydrogen-bond acceptors (Lipinski definition) is 3. The maximum Gasteiger partial charge on any atom is 0.269 e. The van der Waals surface area contributed by atoms with Crippen molar-refractivity contribution < 1.29 is 9.18 Å². The van der Waals surface area contributed by atoms with E-state index in [0.717, 1.165) is 48.2 Å². The van der Waals surface area contributed by atoms with Gasteiger partial charge < -0.3 is 10.6 Å². The van der Waals surface area contributed by atoms with Gasteiger partial charge in [-0.1, -0.05) is 49.6 Å². The molecule has 2 aromatic carbocycles. The van der Waals surface area contributed by atoms with Gasteiger partial charge in [0.05, 0.1) is 0 Å². The van der Waals surface area contributed by atoms with Gasteiger partial charge >= 0.3 is 0 Å². The molecule has 0 spiro atoms. The summed E-state index contributed by atoms with van der Waals surface area (Å²) in [7, 11) is 0. The minimum Gasteiger partial charge on any atom is -0.358 e. The number of allylic oxidation sites excluding steroid dienone is 1. The third kappa shape index (κ3) is 5.34. The van der Waals surface area contributed by atoms with Gasteiger partial charge in [-0.25, -0.2) is 4.39 Å². The van der Waals surface area contributed by atoms with E-state index in [-0.39, 0.29) is 28.9 Å². The van der Waals surface area contributed by atoms with Crippen LogP contribution >= 0.6 is 0 Å². The topological polar surface area (TPSA) is 65.0 Å². The summed E-state index contributed by atoms with van der Waals surface area (Å²) < 4.78 is 13.5. The number of anilines is 1. The fourth-order valence-electron chi connectivity index (χ4n) is 6.81. The molecule has 5 rings (SSSR count). The molecule has 184 valence electrons. The molecule has 35 heavy (non-hydrogen) atoms. The molecule has 3 aliphatic carbocycles. The van der Waals surface area contributed by atoms with E-state index in [4.69, 9.17) is 5.41 Å². The molecule has 1 amide bonds. The van der Waals surface area contributed by atoms with Crippen molar-refractivity contribution in [1.82, 2.24) is 5.32 Å². The van der Waals surface area contributed by atoms with E-state index in [0.29, 0.717) is 18.3 Å². The van der Waals surface area contributed by atoms with Gasteiger partial charge in [-0.2, -0.15) is 0 Å². The Hall–Kier alpha value is -2.95. The lowest BCUT2D eigenvalue weighted by Crippen LogP contribution is -2.53. The van der Waals surface area contributed by atoms with E-state index >= 15 is 0 Å². The molecule has 3 atom stereocenters. The lowest BCUT2D eigenvalue weighted by molar-refractivity contribution is -0.117. The first-order chi connectivity index (χ1) is 16.9. The number of amides is 1. The van der Waals surface area contributed by atoms with Crippen molar-refractivity contribution >= 4 is 17.3 Å². The summed E-state index contributed by atoms with van der Waals surface area (Å²) >= 11 is 0. The van der Waals surface area contributed by atoms with E-state index < -0.39 is 0 Å². The number of benzene rings is 2. The molecular weight excluding hydrogens is 437 g/mol. The standard InChI is InChI=1S/C30H36FN3O/c1-30(18-20-7-5-8-21(17-20)19-30)34-29(35)27(32)26-12-6-11-25(22-9-3-2-4-10-22)28(26)33-24-15-13-23(31)14-16-24/h2-4,9-10,13-16,20-21,25,32-33H,5-8,11-12,17-19H2,1H3,(H,34,35). The Morgan fingerprint density at radius 2 is 1.66 bits per heavy atom. The fraction of sp³-hybridized carbons (Fsp3) is 0.467. The maximum atomic E-state index is 13.5. The molecule has 3 unspecified atom stereocenters. The highest BCUT2D eigenvalue weighted by Gasteiger charge is 2.41. The van der Waals surface area contributed by atoms with Crippen molar-refractivity contribution in [1.29, 1.82) is 5.41 Å². The number of carbonyl (C=O) groups excluding carboxylic acids is 1. The van der Waals surface area contributed by atoms with Gasteiger partial charge in [0.2, 0.25) is 0 Å². The highest BCUT2D eigenvalue weighted by molar-refractivity contribution is 6.44. The van der Waals surface area contributed by atoms with Crippen molar-refractivity contribution in [2.75, 3.05) is 5.32 Å². The fourth-order valence-corrected chi connectivity index (χ4v) is 6.81. The first-order valence-electron chi connectivity index (χ1n) is 13.1. The molecule has 0 saturated heterocycles. The summed E-state index contributed by atoms with van der Waals surface area (Å²) in [6.45, 7) is 2.17. The highest BCUT2D eigenvalue weighted by Crippen LogP contribution is 2.44. The second-order valence-corrected chi connectivity index (χ2v) is 11.1. The normalized spacial score (nSPS) is 28.3. The van der Waals surface area contributed by atoms with Crippen LogP contribution in [-0.2, 0) is 4.79 Å². The predicted molar refractivity (Wildman–Crippen MR) is 139 cm³/mol. The number of fused-ring (bicyclic) bond motifs is 2. The number of carbonyl (C=O) groups is 1. The van der Waals surface area contributed by atoms with Gasteiger partial charge in [0.25, 0.3) is 5.91 Å². The van der Waals surface area contributed by atoms with Crippen LogP contribution in [0.15, 0.2) is 65.9 Å². The van der Waals surface area contributed by atoms with Crippen LogP contribution in [0, 0.1) is 23.1 Å². The molecular formula is C30H36FN3O. The molecule has 5 heteroatoms. The molecule has 0 aromatic heterocycles. The second-order valence-electron chi connectivity index (χ2n) is 11.1. The van der Waals surface area contributed by atoms with Crippen molar-refractivity contribution in [2.24, 2.45) is 11.8 Å². The summed E-state index contributed by atoms with van der Waals surface area (Å²) in [5, 5.41) is 15.7. The number of halogens is 1. The van der Waals surface area contributed by atoms with E-state index in [1.165, 1.54) is 37.8 Å². The number of hydrogen-bond donors (Lipinski definition) is 3. The van der Waals surface area contributed by atoms with Gasteiger partial charge in [0.1, 0.15) is 11.5 Å².